The molecule has 0 aliphatic carbocycles. The van der Waals surface area contributed by atoms with E-state index in [9.17, 15) is 0 Å². The average molecular weight is 358 g/mol. The number of aromatic nitrogens is 2. The van der Waals surface area contributed by atoms with E-state index < -0.39 is 0 Å². The quantitative estimate of drug-likeness (QED) is 0.848. The van der Waals surface area contributed by atoms with Gasteiger partial charge in [-0.3, -0.25) is 0 Å². The largest absolute Gasteiger partial charge is 0.493 e. The van der Waals surface area contributed by atoms with E-state index in [4.69, 9.17) is 14.2 Å². The smallest absolute Gasteiger partial charge is 0.227 e. The van der Waals surface area contributed by atoms with Crippen molar-refractivity contribution in [3.05, 3.63) is 24.4 Å². The zero-order valence-electron chi connectivity index (χ0n) is 15.8. The van der Waals surface area contributed by atoms with Gasteiger partial charge in [-0.15, -0.1) is 0 Å². The lowest BCUT2D eigenvalue weighted by Crippen LogP contribution is -2.35. The van der Waals surface area contributed by atoms with Crippen molar-refractivity contribution in [1.82, 2.24) is 9.97 Å². The molecule has 7 heteroatoms. The van der Waals surface area contributed by atoms with Gasteiger partial charge in [-0.25, -0.2) is 4.98 Å². The van der Waals surface area contributed by atoms with Gasteiger partial charge in [0.2, 0.25) is 11.7 Å². The van der Waals surface area contributed by atoms with Gasteiger partial charge >= 0.3 is 0 Å². The monoisotopic (exact) mass is 358 g/mol. The van der Waals surface area contributed by atoms with Crippen molar-refractivity contribution >= 4 is 17.5 Å². The van der Waals surface area contributed by atoms with E-state index >= 15 is 0 Å². The van der Waals surface area contributed by atoms with Crippen LogP contribution in [0.2, 0.25) is 0 Å². The van der Waals surface area contributed by atoms with Crippen molar-refractivity contribution in [3.63, 3.8) is 0 Å². The summed E-state index contributed by atoms with van der Waals surface area (Å²) in [5.74, 6) is 3.89. The van der Waals surface area contributed by atoms with Crippen LogP contribution in [0.5, 0.6) is 17.2 Å². The van der Waals surface area contributed by atoms with Crippen LogP contribution in [0, 0.1) is 5.92 Å². The van der Waals surface area contributed by atoms with Crippen LogP contribution in [0.25, 0.3) is 0 Å². The van der Waals surface area contributed by atoms with Gasteiger partial charge in [0, 0.05) is 37.1 Å². The first-order chi connectivity index (χ1) is 12.6. The van der Waals surface area contributed by atoms with Gasteiger partial charge in [-0.05, 0) is 24.8 Å². The third-order valence-corrected chi connectivity index (χ3v) is 4.52. The van der Waals surface area contributed by atoms with Crippen molar-refractivity contribution in [2.24, 2.45) is 5.92 Å². The summed E-state index contributed by atoms with van der Waals surface area (Å²) in [5, 5.41) is 3.30. The predicted octanol–water partition coefficient (Wildman–Crippen LogP) is 3.48. The number of hydrogen-bond acceptors (Lipinski definition) is 7. The molecule has 0 amide bonds. The van der Waals surface area contributed by atoms with Gasteiger partial charge in [-0.2, -0.15) is 4.98 Å². The van der Waals surface area contributed by atoms with Crippen LogP contribution < -0.4 is 24.4 Å². The summed E-state index contributed by atoms with van der Waals surface area (Å²) < 4.78 is 16.2. The van der Waals surface area contributed by atoms with Gasteiger partial charge in [0.1, 0.15) is 5.82 Å². The topological polar surface area (TPSA) is 68.7 Å². The minimum atomic E-state index is 0.561. The Kier molecular flexibility index (Phi) is 5.65. The van der Waals surface area contributed by atoms with Crippen molar-refractivity contribution in [2.45, 2.75) is 19.8 Å². The number of rotatable bonds is 6. The Hall–Kier alpha value is -2.70. The van der Waals surface area contributed by atoms with Crippen LogP contribution in [0.1, 0.15) is 19.8 Å². The number of piperidine rings is 1. The first kappa shape index (κ1) is 18.1. The highest BCUT2D eigenvalue weighted by Gasteiger charge is 2.19. The highest BCUT2D eigenvalue weighted by Crippen LogP contribution is 2.40. The third kappa shape index (κ3) is 3.92. The highest BCUT2D eigenvalue weighted by molar-refractivity contribution is 5.66. The molecular formula is C19H26N4O3. The van der Waals surface area contributed by atoms with Crippen LogP contribution in [-0.4, -0.2) is 44.4 Å². The maximum atomic E-state index is 5.40. The Labute approximate surface area is 154 Å². The fourth-order valence-electron chi connectivity index (χ4n) is 3.24. The molecule has 0 spiro atoms. The normalized spacial score (nSPS) is 16.9. The summed E-state index contributed by atoms with van der Waals surface area (Å²) in [5.41, 5.74) is 0.802. The molecule has 0 saturated carbocycles. The number of anilines is 3. The third-order valence-electron chi connectivity index (χ3n) is 4.52. The number of hydrogen-bond donors (Lipinski definition) is 1. The van der Waals surface area contributed by atoms with E-state index in [1.807, 2.05) is 18.2 Å². The summed E-state index contributed by atoms with van der Waals surface area (Å²) in [6, 6.07) is 5.55. The molecule has 3 rings (SSSR count). The molecule has 0 radical (unpaired) electrons. The maximum Gasteiger partial charge on any atom is 0.227 e. The molecule has 1 saturated heterocycles. The van der Waals surface area contributed by atoms with Crippen LogP contribution in [0.3, 0.4) is 0 Å². The summed E-state index contributed by atoms with van der Waals surface area (Å²) in [7, 11) is 4.78. The molecule has 1 atom stereocenters. The molecule has 1 fully saturated rings. The minimum absolute atomic E-state index is 0.561. The van der Waals surface area contributed by atoms with Gasteiger partial charge in [-0.1, -0.05) is 6.92 Å². The van der Waals surface area contributed by atoms with Crippen molar-refractivity contribution in [1.29, 1.82) is 0 Å². The summed E-state index contributed by atoms with van der Waals surface area (Å²) in [6.45, 7) is 4.26. The van der Waals surface area contributed by atoms with Crippen LogP contribution >= 0.6 is 0 Å². The molecule has 2 aromatic rings. The van der Waals surface area contributed by atoms with Crippen molar-refractivity contribution < 1.29 is 14.2 Å². The van der Waals surface area contributed by atoms with E-state index in [1.165, 1.54) is 12.8 Å². The average Bonchev–Trinajstić information content (AvgIpc) is 2.67. The standard InChI is InChI=1S/C19H26N4O3/c1-13-6-5-9-23(12-13)19-20-8-7-17(22-19)21-14-10-15(24-2)18(26-4)16(11-14)25-3/h7-8,10-11,13H,5-6,9,12H2,1-4H3,(H,20,21,22). The Morgan fingerprint density at radius 1 is 1.12 bits per heavy atom. The summed E-state index contributed by atoms with van der Waals surface area (Å²) in [6.07, 6.45) is 4.22. The van der Waals surface area contributed by atoms with E-state index in [1.54, 1.807) is 27.5 Å². The molecule has 1 N–H and O–H groups in total. The molecule has 1 aromatic carbocycles. The summed E-state index contributed by atoms with van der Waals surface area (Å²) >= 11 is 0. The molecular weight excluding hydrogens is 332 g/mol. The van der Waals surface area contributed by atoms with Crippen LogP contribution in [0.4, 0.5) is 17.5 Å². The lowest BCUT2D eigenvalue weighted by molar-refractivity contribution is 0.324. The molecule has 1 aromatic heterocycles. The minimum Gasteiger partial charge on any atom is -0.493 e. The van der Waals surface area contributed by atoms with Gasteiger partial charge < -0.3 is 24.4 Å². The SMILES string of the molecule is COc1cc(Nc2ccnc(N3CCCC(C)C3)n2)cc(OC)c1OC. The van der Waals surface area contributed by atoms with E-state index in [-0.39, 0.29) is 0 Å². The Bertz CT molecular complexity index is 728. The first-order valence-corrected chi connectivity index (χ1v) is 8.79. The highest BCUT2D eigenvalue weighted by atomic mass is 16.5. The predicted molar refractivity (Wildman–Crippen MR) is 102 cm³/mol. The molecule has 7 nitrogen and oxygen atoms in total. The lowest BCUT2D eigenvalue weighted by Gasteiger charge is -2.30. The van der Waals surface area contributed by atoms with Crippen LogP contribution in [0.15, 0.2) is 24.4 Å². The lowest BCUT2D eigenvalue weighted by atomic mass is 10.0. The number of methoxy groups -OCH3 is 3. The van der Waals surface area contributed by atoms with Crippen molar-refractivity contribution in [2.75, 3.05) is 44.6 Å². The molecule has 1 aliphatic heterocycles. The number of benzene rings is 1. The maximum absolute atomic E-state index is 5.40. The molecule has 0 bridgehead atoms. The van der Waals surface area contributed by atoms with E-state index in [2.05, 4.69) is 27.1 Å². The fourth-order valence-corrected chi connectivity index (χ4v) is 3.24. The molecule has 140 valence electrons. The van der Waals surface area contributed by atoms with E-state index in [0.717, 1.165) is 30.5 Å². The van der Waals surface area contributed by atoms with Gasteiger partial charge in [0.25, 0.3) is 0 Å². The van der Waals surface area contributed by atoms with E-state index in [0.29, 0.717) is 23.2 Å². The Balaban J connectivity index is 1.84. The number of nitrogens with zero attached hydrogens (tertiary/aromatic N) is 3. The van der Waals surface area contributed by atoms with Gasteiger partial charge in [0.05, 0.1) is 21.3 Å². The zero-order valence-corrected chi connectivity index (χ0v) is 15.8. The zero-order chi connectivity index (χ0) is 18.5. The molecule has 2 heterocycles. The van der Waals surface area contributed by atoms with Crippen molar-refractivity contribution in [3.8, 4) is 17.2 Å². The fraction of sp³-hybridized carbons (Fsp3) is 0.474. The molecule has 1 unspecified atom stereocenters. The number of nitrogens with one attached hydrogen (secondary N) is 1. The second kappa shape index (κ2) is 8.12. The molecule has 26 heavy (non-hydrogen) atoms. The van der Waals surface area contributed by atoms with Gasteiger partial charge in [0.15, 0.2) is 11.5 Å². The summed E-state index contributed by atoms with van der Waals surface area (Å²) in [4.78, 5) is 11.4. The second-order valence-corrected chi connectivity index (χ2v) is 6.47. The first-order valence-electron chi connectivity index (χ1n) is 8.79. The molecule has 1 aliphatic rings. The second-order valence-electron chi connectivity index (χ2n) is 6.47. The Morgan fingerprint density at radius 2 is 1.85 bits per heavy atom. The van der Waals surface area contributed by atoms with Crippen LogP contribution in [-0.2, 0) is 0 Å². The Morgan fingerprint density at radius 3 is 2.46 bits per heavy atom. The number of ether oxygens (including phenoxy) is 3.